The Balaban J connectivity index is 1.95. The Kier molecular flexibility index (Phi) is 4.70. The average molecular weight is 282 g/mol. The molecule has 19 heavy (non-hydrogen) atoms. The van der Waals surface area contributed by atoms with Crippen molar-refractivity contribution in [2.24, 2.45) is 5.92 Å². The van der Waals surface area contributed by atoms with Gasteiger partial charge in [-0.1, -0.05) is 24.6 Å². The second kappa shape index (κ2) is 6.29. The molecule has 0 spiro atoms. The van der Waals surface area contributed by atoms with Gasteiger partial charge in [0, 0.05) is 18.1 Å². The van der Waals surface area contributed by atoms with Gasteiger partial charge in [-0.25, -0.2) is 0 Å². The highest BCUT2D eigenvalue weighted by molar-refractivity contribution is 6.30. The van der Waals surface area contributed by atoms with E-state index in [2.05, 4.69) is 6.92 Å². The highest BCUT2D eigenvalue weighted by Gasteiger charge is 2.26. The molecule has 1 aliphatic heterocycles. The van der Waals surface area contributed by atoms with Crippen molar-refractivity contribution in [3.63, 3.8) is 0 Å². The summed E-state index contributed by atoms with van der Waals surface area (Å²) in [6, 6.07) is 7.14. The van der Waals surface area contributed by atoms with E-state index in [1.165, 1.54) is 6.42 Å². The van der Waals surface area contributed by atoms with Crippen molar-refractivity contribution >= 4 is 17.5 Å². The minimum absolute atomic E-state index is 0.0616. The molecule has 1 saturated heterocycles. The molecule has 1 fully saturated rings. The molecule has 1 aromatic rings. The van der Waals surface area contributed by atoms with Gasteiger partial charge in [-0.2, -0.15) is 0 Å². The Labute approximate surface area is 119 Å². The zero-order valence-electron chi connectivity index (χ0n) is 11.4. The summed E-state index contributed by atoms with van der Waals surface area (Å²) in [6.07, 6.45) is 1.81. The Bertz CT molecular complexity index is 450. The van der Waals surface area contributed by atoms with Crippen LogP contribution in [0.1, 0.15) is 26.7 Å². The van der Waals surface area contributed by atoms with E-state index < -0.39 is 6.10 Å². The standard InChI is InChI=1S/C15H20ClNO2/c1-11-5-4-8-17(10-11)15(18)12(2)19-14-7-3-6-13(16)9-14/h3,6-7,9,11-12H,4-5,8,10H2,1-2H3/t11-,12-/m1/s1. The second-order valence-electron chi connectivity index (χ2n) is 5.25. The monoisotopic (exact) mass is 281 g/mol. The van der Waals surface area contributed by atoms with Crippen LogP contribution in [0.4, 0.5) is 0 Å². The van der Waals surface area contributed by atoms with E-state index in [0.717, 1.165) is 19.5 Å². The first kappa shape index (κ1) is 14.2. The summed E-state index contributed by atoms with van der Waals surface area (Å²) < 4.78 is 5.67. The quantitative estimate of drug-likeness (QED) is 0.850. The van der Waals surface area contributed by atoms with Gasteiger partial charge in [-0.05, 0) is 43.9 Å². The molecule has 0 unspecified atom stereocenters. The molecule has 1 amide bonds. The maximum atomic E-state index is 12.3. The minimum atomic E-state index is -0.469. The highest BCUT2D eigenvalue weighted by Crippen LogP contribution is 2.20. The third-order valence-electron chi connectivity index (χ3n) is 3.43. The fourth-order valence-corrected chi connectivity index (χ4v) is 2.62. The van der Waals surface area contributed by atoms with Gasteiger partial charge >= 0.3 is 0 Å². The van der Waals surface area contributed by atoms with E-state index in [-0.39, 0.29) is 5.91 Å². The number of amides is 1. The smallest absolute Gasteiger partial charge is 0.263 e. The van der Waals surface area contributed by atoms with Gasteiger partial charge in [0.1, 0.15) is 5.75 Å². The summed E-state index contributed by atoms with van der Waals surface area (Å²) in [5.41, 5.74) is 0. The molecule has 1 aliphatic rings. The molecule has 0 bridgehead atoms. The second-order valence-corrected chi connectivity index (χ2v) is 5.69. The molecular weight excluding hydrogens is 262 g/mol. The predicted molar refractivity (Wildman–Crippen MR) is 76.5 cm³/mol. The van der Waals surface area contributed by atoms with Crippen molar-refractivity contribution in [1.29, 1.82) is 0 Å². The molecule has 2 atom stereocenters. The van der Waals surface area contributed by atoms with Crippen LogP contribution in [0.15, 0.2) is 24.3 Å². The van der Waals surface area contributed by atoms with E-state index in [1.54, 1.807) is 19.1 Å². The predicted octanol–water partition coefficient (Wildman–Crippen LogP) is 3.37. The summed E-state index contributed by atoms with van der Waals surface area (Å²) >= 11 is 5.90. The van der Waals surface area contributed by atoms with Crippen molar-refractivity contribution in [2.75, 3.05) is 13.1 Å². The molecule has 1 heterocycles. The number of carbonyl (C=O) groups is 1. The topological polar surface area (TPSA) is 29.5 Å². The number of piperidine rings is 1. The summed E-state index contributed by atoms with van der Waals surface area (Å²) in [5.74, 6) is 1.28. The molecule has 1 aromatic carbocycles. The molecule has 0 radical (unpaired) electrons. The normalized spacial score (nSPS) is 21.0. The molecule has 104 valence electrons. The van der Waals surface area contributed by atoms with E-state index >= 15 is 0 Å². The van der Waals surface area contributed by atoms with E-state index in [4.69, 9.17) is 16.3 Å². The fourth-order valence-electron chi connectivity index (χ4n) is 2.44. The lowest BCUT2D eigenvalue weighted by Gasteiger charge is -2.32. The Morgan fingerprint density at radius 3 is 3.00 bits per heavy atom. The lowest BCUT2D eigenvalue weighted by molar-refractivity contribution is -0.139. The van der Waals surface area contributed by atoms with Gasteiger partial charge in [-0.15, -0.1) is 0 Å². The molecule has 0 aromatic heterocycles. The number of ether oxygens (including phenoxy) is 1. The van der Waals surface area contributed by atoms with E-state index in [0.29, 0.717) is 16.7 Å². The lowest BCUT2D eigenvalue weighted by atomic mass is 10.00. The molecular formula is C15H20ClNO2. The lowest BCUT2D eigenvalue weighted by Crippen LogP contribution is -2.45. The zero-order valence-corrected chi connectivity index (χ0v) is 12.2. The number of hydrogen-bond acceptors (Lipinski definition) is 2. The maximum absolute atomic E-state index is 12.3. The van der Waals surface area contributed by atoms with Crippen LogP contribution in [0.25, 0.3) is 0 Å². The first-order valence-electron chi connectivity index (χ1n) is 6.77. The highest BCUT2D eigenvalue weighted by atomic mass is 35.5. The third-order valence-corrected chi connectivity index (χ3v) is 3.66. The number of hydrogen-bond donors (Lipinski definition) is 0. The van der Waals surface area contributed by atoms with Crippen molar-refractivity contribution in [3.8, 4) is 5.75 Å². The van der Waals surface area contributed by atoms with Crippen LogP contribution in [0.2, 0.25) is 5.02 Å². The van der Waals surface area contributed by atoms with Gasteiger partial charge in [0.15, 0.2) is 6.10 Å². The van der Waals surface area contributed by atoms with Crippen molar-refractivity contribution in [1.82, 2.24) is 4.90 Å². The van der Waals surface area contributed by atoms with Crippen LogP contribution < -0.4 is 4.74 Å². The molecule has 4 heteroatoms. The molecule has 0 aliphatic carbocycles. The van der Waals surface area contributed by atoms with Crippen LogP contribution in [0.5, 0.6) is 5.75 Å². The van der Waals surface area contributed by atoms with Crippen molar-refractivity contribution < 1.29 is 9.53 Å². The third kappa shape index (κ3) is 3.87. The van der Waals surface area contributed by atoms with Gasteiger partial charge in [0.2, 0.25) is 0 Å². The first-order valence-corrected chi connectivity index (χ1v) is 7.15. The van der Waals surface area contributed by atoms with Gasteiger partial charge in [-0.3, -0.25) is 4.79 Å². The van der Waals surface area contributed by atoms with E-state index in [1.807, 2.05) is 17.0 Å². The zero-order chi connectivity index (χ0) is 13.8. The molecule has 2 rings (SSSR count). The summed E-state index contributed by atoms with van der Waals surface area (Å²) in [5, 5.41) is 0.615. The number of carbonyl (C=O) groups excluding carboxylic acids is 1. The molecule has 3 nitrogen and oxygen atoms in total. The fraction of sp³-hybridized carbons (Fsp3) is 0.533. The number of nitrogens with zero attached hydrogens (tertiary/aromatic N) is 1. The SMILES string of the molecule is C[C@@H]1CCCN(C(=O)[C@@H](C)Oc2cccc(Cl)c2)C1. The van der Waals surface area contributed by atoms with Crippen LogP contribution >= 0.6 is 11.6 Å². The first-order chi connectivity index (χ1) is 9.06. The van der Waals surface area contributed by atoms with Gasteiger partial charge in [0.25, 0.3) is 5.91 Å². The number of rotatable bonds is 3. The van der Waals surface area contributed by atoms with Crippen LogP contribution in [0.3, 0.4) is 0 Å². The molecule has 0 saturated carbocycles. The Morgan fingerprint density at radius 1 is 1.53 bits per heavy atom. The van der Waals surface area contributed by atoms with E-state index in [9.17, 15) is 4.79 Å². The number of halogens is 1. The summed E-state index contributed by atoms with van der Waals surface area (Å²) in [4.78, 5) is 14.2. The summed E-state index contributed by atoms with van der Waals surface area (Å²) in [7, 11) is 0. The molecule has 0 N–H and O–H groups in total. The van der Waals surface area contributed by atoms with Crippen LogP contribution in [0, 0.1) is 5.92 Å². The number of benzene rings is 1. The van der Waals surface area contributed by atoms with Crippen LogP contribution in [-0.4, -0.2) is 30.0 Å². The van der Waals surface area contributed by atoms with Gasteiger partial charge in [0.05, 0.1) is 0 Å². The van der Waals surface area contributed by atoms with Crippen molar-refractivity contribution in [3.05, 3.63) is 29.3 Å². The number of likely N-dealkylation sites (tertiary alicyclic amines) is 1. The minimum Gasteiger partial charge on any atom is -0.481 e. The largest absolute Gasteiger partial charge is 0.481 e. The van der Waals surface area contributed by atoms with Crippen LogP contribution in [-0.2, 0) is 4.79 Å². The maximum Gasteiger partial charge on any atom is 0.263 e. The Morgan fingerprint density at radius 2 is 2.32 bits per heavy atom. The Hall–Kier alpha value is -1.22. The van der Waals surface area contributed by atoms with Crippen molar-refractivity contribution in [2.45, 2.75) is 32.8 Å². The van der Waals surface area contributed by atoms with Gasteiger partial charge < -0.3 is 9.64 Å². The summed E-state index contributed by atoms with van der Waals surface area (Å²) in [6.45, 7) is 5.65. The average Bonchev–Trinajstić information content (AvgIpc) is 2.38.